The molecule has 3 N–H and O–H groups in total. The van der Waals surface area contributed by atoms with Crippen molar-refractivity contribution in [2.45, 2.75) is 25.6 Å². The minimum Gasteiger partial charge on any atom is -0.476 e. The van der Waals surface area contributed by atoms with E-state index in [1.165, 1.54) is 13.8 Å². The molecule has 0 aromatic heterocycles. The second-order valence-electron chi connectivity index (χ2n) is 4.50. The van der Waals surface area contributed by atoms with Crippen molar-refractivity contribution in [1.29, 1.82) is 0 Å². The normalized spacial score (nSPS) is 17.7. The topological polar surface area (TPSA) is 64.3 Å². The molecule has 1 heterocycles. The summed E-state index contributed by atoms with van der Waals surface area (Å²) in [5.41, 5.74) is 3.25. The van der Waals surface area contributed by atoms with Crippen molar-refractivity contribution < 1.29 is 22.7 Å². The van der Waals surface area contributed by atoms with Crippen LogP contribution in [0.25, 0.3) is 0 Å². The highest BCUT2D eigenvalue weighted by Gasteiger charge is 2.39. The molecule has 98 valence electrons. The van der Waals surface area contributed by atoms with E-state index in [4.69, 9.17) is 10.5 Å². The average molecular weight is 260 g/mol. The fourth-order valence-electron chi connectivity index (χ4n) is 1.60. The number of carbonyl (C=O) groups is 1. The molecule has 2 rings (SSSR count). The first-order valence-electron chi connectivity index (χ1n) is 5.12. The zero-order valence-electron chi connectivity index (χ0n) is 9.68. The highest BCUT2D eigenvalue weighted by molar-refractivity contribution is 6.03. The number of anilines is 2. The summed E-state index contributed by atoms with van der Waals surface area (Å²) in [5.74, 6) is -0.534. The van der Waals surface area contributed by atoms with Gasteiger partial charge in [0, 0.05) is 0 Å². The summed E-state index contributed by atoms with van der Waals surface area (Å²) in [6.45, 7) is 2.92. The van der Waals surface area contributed by atoms with Crippen LogP contribution in [0.4, 0.5) is 24.5 Å². The summed E-state index contributed by atoms with van der Waals surface area (Å²) in [6, 6.07) is 1.59. The van der Waals surface area contributed by atoms with Gasteiger partial charge in [0.1, 0.15) is 11.4 Å². The molecule has 7 heteroatoms. The molecule has 0 aliphatic carbocycles. The molecule has 0 bridgehead atoms. The Kier molecular flexibility index (Phi) is 2.46. The lowest BCUT2D eigenvalue weighted by Gasteiger charge is -2.32. The van der Waals surface area contributed by atoms with Crippen LogP contribution in [0.1, 0.15) is 19.4 Å². The SMILES string of the molecule is CC1(C)Oc2cc(C(F)(F)F)cc(N)c2NC1=O. The largest absolute Gasteiger partial charge is 0.476 e. The van der Waals surface area contributed by atoms with Crippen LogP contribution < -0.4 is 15.8 Å². The molecule has 0 fully saturated rings. The van der Waals surface area contributed by atoms with Gasteiger partial charge in [-0.2, -0.15) is 13.2 Å². The van der Waals surface area contributed by atoms with E-state index in [1.54, 1.807) is 0 Å². The summed E-state index contributed by atoms with van der Waals surface area (Å²) >= 11 is 0. The van der Waals surface area contributed by atoms with Gasteiger partial charge in [0.15, 0.2) is 5.60 Å². The third-order valence-electron chi connectivity index (χ3n) is 2.61. The van der Waals surface area contributed by atoms with Gasteiger partial charge in [0.25, 0.3) is 5.91 Å². The van der Waals surface area contributed by atoms with Gasteiger partial charge < -0.3 is 15.8 Å². The zero-order chi connectivity index (χ0) is 13.7. The van der Waals surface area contributed by atoms with Crippen LogP contribution in [0, 0.1) is 0 Å². The first kappa shape index (κ1) is 12.5. The van der Waals surface area contributed by atoms with E-state index in [2.05, 4.69) is 5.32 Å². The number of carbonyl (C=O) groups excluding carboxylic acids is 1. The van der Waals surface area contributed by atoms with Gasteiger partial charge in [0.2, 0.25) is 0 Å². The standard InChI is InChI=1S/C11H11F3N2O2/c1-10(2)9(17)16-8-6(15)3-5(11(12,13)14)4-7(8)18-10/h3-4H,15H2,1-2H3,(H,16,17). The van der Waals surface area contributed by atoms with Crippen molar-refractivity contribution >= 4 is 17.3 Å². The molecule has 4 nitrogen and oxygen atoms in total. The number of amides is 1. The van der Waals surface area contributed by atoms with Crippen LogP contribution in [0.15, 0.2) is 12.1 Å². The Balaban J connectivity index is 2.55. The molecular weight excluding hydrogens is 249 g/mol. The Labute approximate surface area is 101 Å². The second kappa shape index (κ2) is 3.54. The number of hydrogen-bond acceptors (Lipinski definition) is 3. The van der Waals surface area contributed by atoms with Crippen molar-refractivity contribution in [3.63, 3.8) is 0 Å². The molecule has 0 saturated carbocycles. The van der Waals surface area contributed by atoms with Gasteiger partial charge in [-0.25, -0.2) is 0 Å². The van der Waals surface area contributed by atoms with Crippen LogP contribution >= 0.6 is 0 Å². The number of nitrogens with one attached hydrogen (secondary N) is 1. The highest BCUT2D eigenvalue weighted by atomic mass is 19.4. The number of fused-ring (bicyclic) bond motifs is 1. The third kappa shape index (κ3) is 1.96. The number of halogens is 3. The maximum atomic E-state index is 12.6. The Bertz CT molecular complexity index is 524. The highest BCUT2D eigenvalue weighted by Crippen LogP contribution is 2.42. The average Bonchev–Trinajstić information content (AvgIpc) is 2.19. The van der Waals surface area contributed by atoms with Gasteiger partial charge >= 0.3 is 6.18 Å². The van der Waals surface area contributed by atoms with E-state index < -0.39 is 23.2 Å². The molecule has 0 atom stereocenters. The maximum absolute atomic E-state index is 12.6. The number of rotatable bonds is 0. The van der Waals surface area contributed by atoms with Gasteiger partial charge in [0.05, 0.1) is 11.3 Å². The van der Waals surface area contributed by atoms with Crippen molar-refractivity contribution in [3.8, 4) is 5.75 Å². The minimum absolute atomic E-state index is 0.0762. The summed E-state index contributed by atoms with van der Waals surface area (Å²) < 4.78 is 43.1. The summed E-state index contributed by atoms with van der Waals surface area (Å²) in [4.78, 5) is 11.6. The van der Waals surface area contributed by atoms with Gasteiger partial charge in [-0.15, -0.1) is 0 Å². The van der Waals surface area contributed by atoms with Crippen LogP contribution in [0.5, 0.6) is 5.75 Å². The fourth-order valence-corrected chi connectivity index (χ4v) is 1.60. The van der Waals surface area contributed by atoms with Gasteiger partial charge in [-0.3, -0.25) is 4.79 Å². The molecule has 0 saturated heterocycles. The lowest BCUT2D eigenvalue weighted by atomic mass is 10.0. The fraction of sp³-hybridized carbons (Fsp3) is 0.364. The summed E-state index contributed by atoms with van der Waals surface area (Å²) in [7, 11) is 0. The predicted molar refractivity (Wildman–Crippen MR) is 59.2 cm³/mol. The lowest BCUT2D eigenvalue weighted by molar-refractivity contribution is -0.137. The van der Waals surface area contributed by atoms with E-state index in [-0.39, 0.29) is 17.1 Å². The molecule has 0 radical (unpaired) electrons. The molecule has 0 unspecified atom stereocenters. The molecule has 18 heavy (non-hydrogen) atoms. The van der Waals surface area contributed by atoms with Crippen molar-refractivity contribution in [2.75, 3.05) is 11.1 Å². The number of ether oxygens (including phenoxy) is 1. The molecule has 1 amide bonds. The van der Waals surface area contributed by atoms with Gasteiger partial charge in [-0.1, -0.05) is 0 Å². The molecule has 0 spiro atoms. The number of hydrogen-bond donors (Lipinski definition) is 2. The number of alkyl halides is 3. The summed E-state index contributed by atoms with van der Waals surface area (Å²) in [5, 5.41) is 2.44. The van der Waals surface area contributed by atoms with Crippen LogP contribution in [-0.2, 0) is 11.0 Å². The lowest BCUT2D eigenvalue weighted by Crippen LogP contribution is -2.46. The Morgan fingerprint density at radius 1 is 1.33 bits per heavy atom. The molecule has 1 aliphatic heterocycles. The number of benzene rings is 1. The van der Waals surface area contributed by atoms with Gasteiger partial charge in [-0.05, 0) is 26.0 Å². The van der Waals surface area contributed by atoms with Crippen LogP contribution in [-0.4, -0.2) is 11.5 Å². The van der Waals surface area contributed by atoms with Crippen molar-refractivity contribution in [3.05, 3.63) is 17.7 Å². The van der Waals surface area contributed by atoms with Crippen LogP contribution in [0.3, 0.4) is 0 Å². The van der Waals surface area contributed by atoms with E-state index in [9.17, 15) is 18.0 Å². The third-order valence-corrected chi connectivity index (χ3v) is 2.61. The molecule has 1 aliphatic rings. The number of nitrogen functional groups attached to an aromatic ring is 1. The minimum atomic E-state index is -4.52. The van der Waals surface area contributed by atoms with E-state index in [1.807, 2.05) is 0 Å². The first-order chi connectivity index (χ1) is 8.11. The smallest absolute Gasteiger partial charge is 0.416 e. The molecule has 1 aromatic rings. The Morgan fingerprint density at radius 2 is 1.94 bits per heavy atom. The summed E-state index contributed by atoms with van der Waals surface area (Å²) in [6.07, 6.45) is -4.52. The predicted octanol–water partition coefficient (Wildman–Crippen LogP) is 2.40. The quantitative estimate of drug-likeness (QED) is 0.704. The maximum Gasteiger partial charge on any atom is 0.416 e. The second-order valence-corrected chi connectivity index (χ2v) is 4.50. The van der Waals surface area contributed by atoms with E-state index in [0.717, 1.165) is 12.1 Å². The van der Waals surface area contributed by atoms with Crippen molar-refractivity contribution in [1.82, 2.24) is 0 Å². The zero-order valence-corrected chi connectivity index (χ0v) is 9.68. The Hall–Kier alpha value is -1.92. The van der Waals surface area contributed by atoms with Crippen LogP contribution in [0.2, 0.25) is 0 Å². The monoisotopic (exact) mass is 260 g/mol. The Morgan fingerprint density at radius 3 is 2.50 bits per heavy atom. The van der Waals surface area contributed by atoms with E-state index >= 15 is 0 Å². The molecule has 1 aromatic carbocycles. The van der Waals surface area contributed by atoms with Crippen molar-refractivity contribution in [2.24, 2.45) is 0 Å². The molecular formula is C11H11F3N2O2. The number of nitrogens with two attached hydrogens (primary N) is 1. The first-order valence-corrected chi connectivity index (χ1v) is 5.12. The van der Waals surface area contributed by atoms with E-state index in [0.29, 0.717) is 0 Å².